The number of aliphatic hydroxyl groups excluding tert-OH is 1. The van der Waals surface area contributed by atoms with Gasteiger partial charge in [-0.05, 0) is 33.3 Å². The van der Waals surface area contributed by atoms with Crippen LogP contribution >= 0.6 is 0 Å². The van der Waals surface area contributed by atoms with E-state index >= 15 is 0 Å². The van der Waals surface area contributed by atoms with Crippen molar-refractivity contribution < 1.29 is 24.2 Å². The highest BCUT2D eigenvalue weighted by Crippen LogP contribution is 2.32. The Kier molecular flexibility index (Phi) is 7.12. The second-order valence-electron chi connectivity index (χ2n) is 6.40. The molecule has 2 N–H and O–H groups in total. The minimum Gasteiger partial charge on any atom is -0.462 e. The van der Waals surface area contributed by atoms with Gasteiger partial charge in [-0.1, -0.05) is 29.8 Å². The SMILES string of the molecule is CCOC(=O)c1c(C)[nH]c(C(=O)C(=O)N(CC)CCO)c1-c1ccc(C)cc1. The van der Waals surface area contributed by atoms with Crippen LogP contribution in [-0.4, -0.2) is 59.0 Å². The van der Waals surface area contributed by atoms with Gasteiger partial charge in [0.1, 0.15) is 5.69 Å². The van der Waals surface area contributed by atoms with Gasteiger partial charge in [0.15, 0.2) is 0 Å². The van der Waals surface area contributed by atoms with Crippen molar-refractivity contribution >= 4 is 17.7 Å². The number of nitrogens with zero attached hydrogens (tertiary/aromatic N) is 1. The summed E-state index contributed by atoms with van der Waals surface area (Å²) in [5, 5.41) is 9.13. The third-order valence-corrected chi connectivity index (χ3v) is 4.47. The fourth-order valence-electron chi connectivity index (χ4n) is 3.04. The molecule has 7 heteroatoms. The minimum absolute atomic E-state index is 0.0470. The molecule has 0 saturated carbocycles. The van der Waals surface area contributed by atoms with Crippen LogP contribution in [0, 0.1) is 13.8 Å². The highest BCUT2D eigenvalue weighted by molar-refractivity contribution is 6.43. The van der Waals surface area contributed by atoms with Crippen molar-refractivity contribution in [1.82, 2.24) is 9.88 Å². The first-order chi connectivity index (χ1) is 13.3. The molecular formula is C21H26N2O5. The zero-order valence-electron chi connectivity index (χ0n) is 16.7. The van der Waals surface area contributed by atoms with Crippen LogP contribution in [0.4, 0.5) is 0 Å². The number of ether oxygens (including phenoxy) is 1. The Bertz CT molecular complexity index is 868. The molecule has 2 rings (SSSR count). The molecule has 0 spiro atoms. The Hall–Kier alpha value is -2.93. The zero-order valence-corrected chi connectivity index (χ0v) is 16.7. The lowest BCUT2D eigenvalue weighted by Crippen LogP contribution is -2.38. The smallest absolute Gasteiger partial charge is 0.340 e. The summed E-state index contributed by atoms with van der Waals surface area (Å²) in [7, 11) is 0. The number of carbonyl (C=O) groups excluding carboxylic acids is 3. The van der Waals surface area contributed by atoms with Crippen LogP contribution in [-0.2, 0) is 9.53 Å². The van der Waals surface area contributed by atoms with Gasteiger partial charge in [-0.25, -0.2) is 4.79 Å². The summed E-state index contributed by atoms with van der Waals surface area (Å²) >= 11 is 0. The Morgan fingerprint density at radius 1 is 1.11 bits per heavy atom. The summed E-state index contributed by atoms with van der Waals surface area (Å²) in [6.45, 7) is 7.33. The van der Waals surface area contributed by atoms with Crippen LogP contribution in [0.3, 0.4) is 0 Å². The third-order valence-electron chi connectivity index (χ3n) is 4.47. The van der Waals surface area contributed by atoms with Gasteiger partial charge in [-0.15, -0.1) is 0 Å². The number of esters is 1. The van der Waals surface area contributed by atoms with E-state index in [9.17, 15) is 14.4 Å². The Labute approximate surface area is 164 Å². The number of carbonyl (C=O) groups is 3. The number of aromatic nitrogens is 1. The van der Waals surface area contributed by atoms with Crippen molar-refractivity contribution in [2.45, 2.75) is 27.7 Å². The number of hydrogen-bond donors (Lipinski definition) is 2. The first kappa shape index (κ1) is 21.4. The first-order valence-electron chi connectivity index (χ1n) is 9.26. The normalized spacial score (nSPS) is 10.6. The summed E-state index contributed by atoms with van der Waals surface area (Å²) in [4.78, 5) is 42.3. The lowest BCUT2D eigenvalue weighted by atomic mass is 9.97. The van der Waals surface area contributed by atoms with E-state index < -0.39 is 17.7 Å². The van der Waals surface area contributed by atoms with Gasteiger partial charge < -0.3 is 19.7 Å². The molecule has 0 saturated heterocycles. The lowest BCUT2D eigenvalue weighted by molar-refractivity contribution is -0.126. The molecule has 0 fully saturated rings. The zero-order chi connectivity index (χ0) is 20.8. The average molecular weight is 386 g/mol. The van der Waals surface area contributed by atoms with Crippen molar-refractivity contribution in [1.29, 1.82) is 0 Å². The quantitative estimate of drug-likeness (QED) is 0.412. The number of aliphatic hydroxyl groups is 1. The second-order valence-corrected chi connectivity index (χ2v) is 6.40. The number of likely N-dealkylation sites (N-methyl/N-ethyl adjacent to an activating group) is 1. The fourth-order valence-corrected chi connectivity index (χ4v) is 3.04. The van der Waals surface area contributed by atoms with E-state index in [1.807, 2.05) is 19.1 Å². The third kappa shape index (κ3) is 4.31. The van der Waals surface area contributed by atoms with Crippen molar-refractivity contribution in [3.05, 3.63) is 46.8 Å². The van der Waals surface area contributed by atoms with Crippen LogP contribution in [0.5, 0.6) is 0 Å². The van der Waals surface area contributed by atoms with Gasteiger partial charge >= 0.3 is 5.97 Å². The van der Waals surface area contributed by atoms with Gasteiger partial charge in [0.2, 0.25) is 0 Å². The molecule has 1 aromatic heterocycles. The number of aromatic amines is 1. The summed E-state index contributed by atoms with van der Waals surface area (Å²) < 4.78 is 5.16. The maximum Gasteiger partial charge on any atom is 0.340 e. The van der Waals surface area contributed by atoms with Crippen LogP contribution in [0.1, 0.15) is 46.0 Å². The lowest BCUT2D eigenvalue weighted by Gasteiger charge is -2.18. The molecule has 1 amide bonds. The standard InChI is InChI=1S/C21H26N2O5/c1-5-23(11-12-24)20(26)19(25)18-17(15-9-7-13(3)8-10-15)16(14(4)22-18)21(27)28-6-2/h7-10,22,24H,5-6,11-12H2,1-4H3. The summed E-state index contributed by atoms with van der Waals surface area (Å²) in [5.74, 6) is -2.05. The van der Waals surface area contributed by atoms with E-state index in [0.717, 1.165) is 5.56 Å². The molecule has 0 bridgehead atoms. The number of nitrogens with one attached hydrogen (secondary N) is 1. The van der Waals surface area contributed by atoms with E-state index in [1.165, 1.54) is 4.90 Å². The summed E-state index contributed by atoms with van der Waals surface area (Å²) in [5.41, 5.74) is 2.76. The molecule has 150 valence electrons. The van der Waals surface area contributed by atoms with Gasteiger partial charge in [-0.2, -0.15) is 0 Å². The maximum atomic E-state index is 13.0. The summed E-state index contributed by atoms with van der Waals surface area (Å²) in [6, 6.07) is 7.33. The molecule has 0 unspecified atom stereocenters. The van der Waals surface area contributed by atoms with E-state index in [1.54, 1.807) is 32.9 Å². The van der Waals surface area contributed by atoms with Gasteiger partial charge in [-0.3, -0.25) is 9.59 Å². The Morgan fingerprint density at radius 3 is 2.29 bits per heavy atom. The van der Waals surface area contributed by atoms with Gasteiger partial charge in [0.25, 0.3) is 11.7 Å². The van der Waals surface area contributed by atoms with Crippen molar-refractivity contribution in [3.8, 4) is 11.1 Å². The molecule has 2 aromatic rings. The van der Waals surface area contributed by atoms with Crippen LogP contribution < -0.4 is 0 Å². The number of ketones is 1. The molecule has 1 heterocycles. The Morgan fingerprint density at radius 2 is 1.75 bits per heavy atom. The molecule has 0 atom stereocenters. The molecule has 1 aromatic carbocycles. The monoisotopic (exact) mass is 386 g/mol. The predicted molar refractivity (Wildman–Crippen MR) is 105 cm³/mol. The first-order valence-corrected chi connectivity index (χ1v) is 9.26. The maximum absolute atomic E-state index is 13.0. The average Bonchev–Trinajstić information content (AvgIpc) is 3.03. The highest BCUT2D eigenvalue weighted by Gasteiger charge is 2.31. The van der Waals surface area contributed by atoms with Crippen molar-refractivity contribution in [3.63, 3.8) is 0 Å². The second kappa shape index (κ2) is 9.32. The van der Waals surface area contributed by atoms with E-state index in [-0.39, 0.29) is 37.6 Å². The van der Waals surface area contributed by atoms with Crippen LogP contribution in [0.15, 0.2) is 24.3 Å². The number of benzene rings is 1. The predicted octanol–water partition coefficient (Wildman–Crippen LogP) is 2.50. The fraction of sp³-hybridized carbons (Fsp3) is 0.381. The molecule has 0 aliphatic carbocycles. The number of Topliss-reactive ketones (excluding diaryl/α,β-unsaturated/α-hetero) is 1. The minimum atomic E-state index is -0.760. The highest BCUT2D eigenvalue weighted by atomic mass is 16.5. The number of H-pyrrole nitrogens is 1. The molecule has 28 heavy (non-hydrogen) atoms. The van der Waals surface area contributed by atoms with Gasteiger partial charge in [0, 0.05) is 24.3 Å². The van der Waals surface area contributed by atoms with E-state index in [2.05, 4.69) is 4.98 Å². The largest absolute Gasteiger partial charge is 0.462 e. The molecule has 0 aliphatic rings. The molecule has 0 radical (unpaired) electrons. The van der Waals surface area contributed by atoms with E-state index in [0.29, 0.717) is 16.8 Å². The number of hydrogen-bond acceptors (Lipinski definition) is 5. The number of aryl methyl sites for hydroxylation is 2. The van der Waals surface area contributed by atoms with Crippen LogP contribution in [0.2, 0.25) is 0 Å². The topological polar surface area (TPSA) is 99.7 Å². The summed E-state index contributed by atoms with van der Waals surface area (Å²) in [6.07, 6.45) is 0. The van der Waals surface area contributed by atoms with E-state index in [4.69, 9.17) is 9.84 Å². The van der Waals surface area contributed by atoms with Crippen molar-refractivity contribution in [2.24, 2.45) is 0 Å². The van der Waals surface area contributed by atoms with Gasteiger partial charge in [0.05, 0.1) is 18.8 Å². The van der Waals surface area contributed by atoms with Crippen molar-refractivity contribution in [2.75, 3.05) is 26.3 Å². The Balaban J connectivity index is 2.62. The number of rotatable bonds is 8. The van der Waals surface area contributed by atoms with Crippen LogP contribution in [0.25, 0.3) is 11.1 Å². The molecule has 7 nitrogen and oxygen atoms in total. The number of amides is 1. The molecule has 0 aliphatic heterocycles. The molecular weight excluding hydrogens is 360 g/mol.